The minimum Gasteiger partial charge on any atom is -0.375 e. The van der Waals surface area contributed by atoms with Crippen molar-refractivity contribution in [2.75, 3.05) is 0 Å². The van der Waals surface area contributed by atoms with E-state index in [1.165, 1.54) is 11.3 Å². The molecule has 192 valence electrons. The normalized spacial score (nSPS) is 25.0. The molecule has 1 aromatic carbocycles. The third-order valence-corrected chi connectivity index (χ3v) is 10.6. The Bertz CT molecular complexity index is 1270. The third-order valence-electron chi connectivity index (χ3n) is 7.26. The van der Waals surface area contributed by atoms with Crippen LogP contribution in [-0.2, 0) is 21.1 Å². The van der Waals surface area contributed by atoms with Gasteiger partial charge in [-0.3, -0.25) is 9.78 Å². The Balaban J connectivity index is 1.17. The Labute approximate surface area is 215 Å². The zero-order valence-corrected chi connectivity index (χ0v) is 21.7. The molecule has 3 aromatic rings. The predicted octanol–water partition coefficient (Wildman–Crippen LogP) is 5.61. The molecule has 2 aromatic heterocycles. The van der Waals surface area contributed by atoms with Crippen LogP contribution in [0.5, 0.6) is 0 Å². The first-order chi connectivity index (χ1) is 17.4. The van der Waals surface area contributed by atoms with Crippen molar-refractivity contribution in [3.8, 4) is 0 Å². The van der Waals surface area contributed by atoms with Crippen molar-refractivity contribution >= 4 is 37.2 Å². The summed E-state index contributed by atoms with van der Waals surface area (Å²) in [4.78, 5) is 17.6. The van der Waals surface area contributed by atoms with E-state index in [9.17, 15) is 17.6 Å². The maximum absolute atomic E-state index is 13.4. The highest BCUT2D eigenvalue weighted by Gasteiger charge is 2.35. The van der Waals surface area contributed by atoms with Crippen LogP contribution < -0.4 is 5.32 Å². The van der Waals surface area contributed by atoms with Gasteiger partial charge in [-0.1, -0.05) is 12.1 Å². The highest BCUT2D eigenvalue weighted by molar-refractivity contribution is 7.92. The molecule has 1 amide bonds. The van der Waals surface area contributed by atoms with Crippen molar-refractivity contribution in [2.24, 2.45) is 0 Å². The average Bonchev–Trinajstić information content (AvgIpc) is 3.34. The fourth-order valence-corrected chi connectivity index (χ4v) is 7.98. The molecule has 2 unspecified atom stereocenters. The number of carbonyl (C=O) groups excluding carboxylic acids is 1. The van der Waals surface area contributed by atoms with Crippen LogP contribution in [0.25, 0.3) is 10.1 Å². The van der Waals surface area contributed by atoms with Crippen molar-refractivity contribution in [2.45, 2.75) is 86.4 Å². The number of hydrogen-bond donors (Lipinski definition) is 1. The van der Waals surface area contributed by atoms with Gasteiger partial charge < -0.3 is 10.1 Å². The number of ether oxygens (including phenoxy) is 1. The highest BCUT2D eigenvalue weighted by Crippen LogP contribution is 2.33. The number of aromatic nitrogens is 1. The molecule has 6 nitrogen and oxygen atoms in total. The molecule has 36 heavy (non-hydrogen) atoms. The molecule has 0 radical (unpaired) electrons. The number of benzene rings is 1. The minimum absolute atomic E-state index is 0.0437. The lowest BCUT2D eigenvalue weighted by molar-refractivity contribution is -0.0523. The minimum atomic E-state index is -3.48. The van der Waals surface area contributed by atoms with Gasteiger partial charge in [0.05, 0.1) is 31.9 Å². The number of rotatable bonds is 7. The molecule has 2 saturated carbocycles. The summed E-state index contributed by atoms with van der Waals surface area (Å²) in [6.45, 7) is 0.312. The van der Waals surface area contributed by atoms with Crippen LogP contribution in [0.3, 0.4) is 0 Å². The van der Waals surface area contributed by atoms with Crippen LogP contribution in [0.2, 0.25) is 0 Å². The summed E-state index contributed by atoms with van der Waals surface area (Å²) in [6, 6.07) is 10.5. The number of thiophene rings is 1. The number of fused-ring (bicyclic) bond motifs is 1. The maximum atomic E-state index is 13.4. The zero-order valence-electron chi connectivity index (χ0n) is 20.1. The molecule has 0 aliphatic heterocycles. The Morgan fingerprint density at radius 2 is 1.83 bits per heavy atom. The van der Waals surface area contributed by atoms with Gasteiger partial charge >= 0.3 is 0 Å². The SMILES string of the molecule is O=C(NCc1ccc(S(=O)(=O)C2CCCC(OC3CCC(F)CC3)C2)cc1)c1cc2ccncc2s1. The van der Waals surface area contributed by atoms with E-state index < -0.39 is 21.3 Å². The largest absolute Gasteiger partial charge is 0.375 e. The lowest BCUT2D eigenvalue weighted by Crippen LogP contribution is -2.35. The standard InChI is InChI=1S/C27H31FN2O4S2/c28-20-6-8-21(9-7-20)34-22-2-1-3-24(15-22)36(32,33)23-10-4-18(5-11-23)16-30-27(31)25-14-19-12-13-29-17-26(19)35-25/h4-5,10-14,17,20-22,24H,1-3,6-9,15-16H2,(H,30,31). The van der Waals surface area contributed by atoms with Gasteiger partial charge in [0.1, 0.15) is 6.17 Å². The first-order valence-corrected chi connectivity index (χ1v) is 15.0. The van der Waals surface area contributed by atoms with Gasteiger partial charge in [0.15, 0.2) is 9.84 Å². The molecule has 0 bridgehead atoms. The summed E-state index contributed by atoms with van der Waals surface area (Å²) in [5.41, 5.74) is 0.832. The number of halogens is 1. The molecule has 0 saturated heterocycles. The fourth-order valence-electron chi connectivity index (χ4n) is 5.19. The van der Waals surface area contributed by atoms with Gasteiger partial charge in [-0.2, -0.15) is 0 Å². The number of nitrogens with zero attached hydrogens (tertiary/aromatic N) is 1. The van der Waals surface area contributed by atoms with E-state index in [1.807, 2.05) is 12.1 Å². The van der Waals surface area contributed by atoms with Crippen LogP contribution in [0, 0.1) is 0 Å². The Morgan fingerprint density at radius 3 is 2.58 bits per heavy atom. The summed E-state index contributed by atoms with van der Waals surface area (Å²) < 4.78 is 47.2. The second-order valence-corrected chi connectivity index (χ2v) is 13.1. The number of carbonyl (C=O) groups is 1. The monoisotopic (exact) mass is 530 g/mol. The van der Waals surface area contributed by atoms with Gasteiger partial charge in [-0.15, -0.1) is 11.3 Å². The van der Waals surface area contributed by atoms with E-state index in [1.54, 1.807) is 36.7 Å². The Morgan fingerprint density at radius 1 is 1.06 bits per heavy atom. The predicted molar refractivity (Wildman–Crippen MR) is 139 cm³/mol. The van der Waals surface area contributed by atoms with Crippen LogP contribution >= 0.6 is 11.3 Å². The number of nitrogens with one attached hydrogen (secondary N) is 1. The topological polar surface area (TPSA) is 85.4 Å². The van der Waals surface area contributed by atoms with Gasteiger partial charge in [0, 0.05) is 18.9 Å². The van der Waals surface area contributed by atoms with Crippen LogP contribution in [0.4, 0.5) is 4.39 Å². The first kappa shape index (κ1) is 25.3. The Kier molecular flexibility index (Phi) is 7.69. The first-order valence-electron chi connectivity index (χ1n) is 12.6. The summed E-state index contributed by atoms with van der Waals surface area (Å²) in [6.07, 6.45) is 7.96. The van der Waals surface area contributed by atoms with Crippen molar-refractivity contribution in [3.63, 3.8) is 0 Å². The lowest BCUT2D eigenvalue weighted by Gasteiger charge is -2.33. The van der Waals surface area contributed by atoms with E-state index in [4.69, 9.17) is 4.74 Å². The molecular weight excluding hydrogens is 499 g/mol. The number of sulfone groups is 1. The quantitative estimate of drug-likeness (QED) is 0.429. The summed E-state index contributed by atoms with van der Waals surface area (Å²) in [7, 11) is -3.48. The summed E-state index contributed by atoms with van der Waals surface area (Å²) in [5.74, 6) is -0.166. The van der Waals surface area contributed by atoms with Crippen molar-refractivity contribution in [1.82, 2.24) is 10.3 Å². The smallest absolute Gasteiger partial charge is 0.261 e. The second kappa shape index (κ2) is 10.9. The molecule has 2 fully saturated rings. The van der Waals surface area contributed by atoms with Gasteiger partial charge in [-0.05, 0) is 86.6 Å². The molecule has 2 aliphatic carbocycles. The average molecular weight is 531 g/mol. The Hall–Kier alpha value is -2.36. The fraction of sp³-hybridized carbons (Fsp3) is 0.481. The highest BCUT2D eigenvalue weighted by atomic mass is 32.2. The van der Waals surface area contributed by atoms with Gasteiger partial charge in [0.2, 0.25) is 0 Å². The number of amides is 1. The molecule has 1 N–H and O–H groups in total. The zero-order chi connectivity index (χ0) is 25.1. The van der Waals surface area contributed by atoms with Crippen molar-refractivity contribution in [3.05, 3.63) is 59.2 Å². The van der Waals surface area contributed by atoms with Crippen LogP contribution in [-0.4, -0.2) is 42.9 Å². The van der Waals surface area contributed by atoms with E-state index in [0.717, 1.165) is 28.5 Å². The second-order valence-electron chi connectivity index (χ2n) is 9.82. The van der Waals surface area contributed by atoms with Gasteiger partial charge in [-0.25, -0.2) is 12.8 Å². The van der Waals surface area contributed by atoms with Crippen molar-refractivity contribution < 1.29 is 22.3 Å². The third kappa shape index (κ3) is 5.79. The maximum Gasteiger partial charge on any atom is 0.261 e. The van der Waals surface area contributed by atoms with E-state index in [-0.39, 0.29) is 18.1 Å². The molecule has 2 aliphatic rings. The van der Waals surface area contributed by atoms with E-state index in [2.05, 4.69) is 10.3 Å². The van der Waals surface area contributed by atoms with E-state index >= 15 is 0 Å². The number of alkyl halides is 1. The number of hydrogen-bond acceptors (Lipinski definition) is 6. The molecule has 0 spiro atoms. The summed E-state index contributed by atoms with van der Waals surface area (Å²) >= 11 is 1.39. The summed E-state index contributed by atoms with van der Waals surface area (Å²) in [5, 5.41) is 3.42. The van der Waals surface area contributed by atoms with E-state index in [0.29, 0.717) is 54.8 Å². The molecule has 2 atom stereocenters. The van der Waals surface area contributed by atoms with Crippen LogP contribution in [0.15, 0.2) is 53.7 Å². The number of pyridine rings is 1. The van der Waals surface area contributed by atoms with Gasteiger partial charge in [0.25, 0.3) is 5.91 Å². The molecule has 2 heterocycles. The molecular formula is C27H31FN2O4S2. The molecule has 9 heteroatoms. The van der Waals surface area contributed by atoms with Crippen molar-refractivity contribution in [1.29, 1.82) is 0 Å². The van der Waals surface area contributed by atoms with Crippen LogP contribution in [0.1, 0.15) is 66.6 Å². The lowest BCUT2D eigenvalue weighted by atomic mass is 9.94. The molecule has 5 rings (SSSR count).